The van der Waals surface area contributed by atoms with Crippen LogP contribution in [0.3, 0.4) is 0 Å². The zero-order valence-corrected chi connectivity index (χ0v) is 11.5. The van der Waals surface area contributed by atoms with Crippen molar-refractivity contribution in [2.75, 3.05) is 7.11 Å². The van der Waals surface area contributed by atoms with Gasteiger partial charge in [-0.3, -0.25) is 10.1 Å². The zero-order valence-electron chi connectivity index (χ0n) is 10.7. The van der Waals surface area contributed by atoms with Gasteiger partial charge in [0, 0.05) is 34.5 Å². The Bertz CT molecular complexity index is 612. The molecule has 0 unspecified atom stereocenters. The fourth-order valence-electron chi connectivity index (χ4n) is 1.51. The highest BCUT2D eigenvalue weighted by Gasteiger charge is 2.05. The quantitative estimate of drug-likeness (QED) is 0.283. The van der Waals surface area contributed by atoms with Gasteiger partial charge in [-0.15, -0.1) is 0 Å². The van der Waals surface area contributed by atoms with E-state index < -0.39 is 4.92 Å². The van der Waals surface area contributed by atoms with Gasteiger partial charge < -0.3 is 4.74 Å². The predicted molar refractivity (Wildman–Crippen MR) is 78.9 cm³/mol. The molecule has 0 N–H and O–H groups in total. The fraction of sp³-hybridized carbons (Fsp3) is 0.0714. The molecule has 102 valence electrons. The first-order valence-electron chi connectivity index (χ1n) is 5.79. The third-order valence-electron chi connectivity index (χ3n) is 2.50. The van der Waals surface area contributed by atoms with Crippen molar-refractivity contribution in [3.05, 3.63) is 70.3 Å². The van der Waals surface area contributed by atoms with E-state index >= 15 is 0 Å². The Morgan fingerprint density at radius 1 is 1.15 bits per heavy atom. The first-order chi connectivity index (χ1) is 9.70. The number of non-ortho nitro benzene ring substituents is 1. The van der Waals surface area contributed by atoms with Crippen molar-refractivity contribution in [2.45, 2.75) is 4.90 Å². The standard InChI is InChI=1S/C14H12N2O3S/c1-19-14(11-5-3-2-4-6-11)15-20-13-9-7-12(8-10-13)16(17)18/h2-10H,1H3. The third-order valence-corrected chi connectivity index (χ3v) is 3.24. The molecule has 5 nitrogen and oxygen atoms in total. The van der Waals surface area contributed by atoms with Crippen LogP contribution in [0.4, 0.5) is 5.69 Å². The Hall–Kier alpha value is -2.34. The van der Waals surface area contributed by atoms with E-state index in [0.717, 1.165) is 10.5 Å². The van der Waals surface area contributed by atoms with Gasteiger partial charge in [0.1, 0.15) is 0 Å². The van der Waals surface area contributed by atoms with Crippen LogP contribution < -0.4 is 0 Å². The summed E-state index contributed by atoms with van der Waals surface area (Å²) in [6.07, 6.45) is 0. The molecule has 0 aromatic heterocycles. The van der Waals surface area contributed by atoms with Gasteiger partial charge in [-0.25, -0.2) is 0 Å². The lowest BCUT2D eigenvalue weighted by Gasteiger charge is -2.04. The number of benzene rings is 2. The van der Waals surface area contributed by atoms with E-state index in [2.05, 4.69) is 4.40 Å². The van der Waals surface area contributed by atoms with Crippen LogP contribution >= 0.6 is 11.9 Å². The van der Waals surface area contributed by atoms with Crippen LogP contribution in [-0.2, 0) is 4.74 Å². The largest absolute Gasteiger partial charge is 0.480 e. The van der Waals surface area contributed by atoms with Gasteiger partial charge in [0.2, 0.25) is 5.90 Å². The van der Waals surface area contributed by atoms with Gasteiger partial charge in [0.05, 0.1) is 12.0 Å². The van der Waals surface area contributed by atoms with E-state index in [9.17, 15) is 10.1 Å². The highest BCUT2D eigenvalue weighted by atomic mass is 32.2. The number of methoxy groups -OCH3 is 1. The van der Waals surface area contributed by atoms with Gasteiger partial charge >= 0.3 is 0 Å². The smallest absolute Gasteiger partial charge is 0.269 e. The zero-order chi connectivity index (χ0) is 14.4. The van der Waals surface area contributed by atoms with Crippen LogP contribution in [0.2, 0.25) is 0 Å². The molecule has 0 aliphatic heterocycles. The lowest BCUT2D eigenvalue weighted by Crippen LogP contribution is -2.01. The van der Waals surface area contributed by atoms with E-state index in [1.54, 1.807) is 19.2 Å². The van der Waals surface area contributed by atoms with Gasteiger partial charge in [-0.05, 0) is 24.3 Å². The summed E-state index contributed by atoms with van der Waals surface area (Å²) in [7, 11) is 1.56. The van der Waals surface area contributed by atoms with Crippen LogP contribution in [0.5, 0.6) is 0 Å². The lowest BCUT2D eigenvalue weighted by atomic mass is 10.2. The van der Waals surface area contributed by atoms with E-state index in [-0.39, 0.29) is 5.69 Å². The van der Waals surface area contributed by atoms with Crippen LogP contribution in [0, 0.1) is 10.1 Å². The minimum absolute atomic E-state index is 0.0633. The number of rotatable bonds is 4. The maximum Gasteiger partial charge on any atom is 0.269 e. The molecule has 0 heterocycles. The molecule has 0 spiro atoms. The molecule has 0 aliphatic carbocycles. The minimum Gasteiger partial charge on any atom is -0.480 e. The average molecular weight is 288 g/mol. The molecule has 0 radical (unpaired) electrons. The molecule has 2 aromatic carbocycles. The van der Waals surface area contributed by atoms with Crippen molar-refractivity contribution < 1.29 is 9.66 Å². The second-order valence-corrected chi connectivity index (χ2v) is 4.65. The van der Waals surface area contributed by atoms with Crippen LogP contribution in [0.15, 0.2) is 63.9 Å². The van der Waals surface area contributed by atoms with Crippen molar-refractivity contribution in [3.8, 4) is 0 Å². The molecular formula is C14H12N2O3S. The van der Waals surface area contributed by atoms with Gasteiger partial charge in [0.25, 0.3) is 5.69 Å². The van der Waals surface area contributed by atoms with Gasteiger partial charge in [-0.2, -0.15) is 4.40 Å². The van der Waals surface area contributed by atoms with Crippen LogP contribution in [0.25, 0.3) is 0 Å². The molecule has 2 aromatic rings. The summed E-state index contributed by atoms with van der Waals surface area (Å²) in [6, 6.07) is 15.7. The molecular weight excluding hydrogens is 276 g/mol. The molecule has 0 bridgehead atoms. The first-order valence-corrected chi connectivity index (χ1v) is 6.57. The lowest BCUT2D eigenvalue weighted by molar-refractivity contribution is -0.384. The van der Waals surface area contributed by atoms with Crippen molar-refractivity contribution in [2.24, 2.45) is 4.40 Å². The Balaban J connectivity index is 2.12. The second-order valence-electron chi connectivity index (χ2n) is 3.81. The van der Waals surface area contributed by atoms with Crippen LogP contribution in [-0.4, -0.2) is 17.9 Å². The van der Waals surface area contributed by atoms with E-state index in [1.807, 2.05) is 30.3 Å². The summed E-state index contributed by atoms with van der Waals surface area (Å²) in [5.74, 6) is 0.508. The van der Waals surface area contributed by atoms with Crippen molar-refractivity contribution in [3.63, 3.8) is 0 Å². The molecule has 0 saturated carbocycles. The summed E-state index contributed by atoms with van der Waals surface area (Å²) in [4.78, 5) is 10.9. The predicted octanol–water partition coefficient (Wildman–Crippen LogP) is 3.70. The maximum absolute atomic E-state index is 10.6. The summed E-state index contributed by atoms with van der Waals surface area (Å²) >= 11 is 1.21. The normalized spacial score (nSPS) is 11.2. The summed E-state index contributed by atoms with van der Waals surface area (Å²) < 4.78 is 9.54. The molecule has 2 rings (SSSR count). The van der Waals surface area contributed by atoms with Crippen molar-refractivity contribution >= 4 is 23.5 Å². The monoisotopic (exact) mass is 288 g/mol. The molecule has 0 aliphatic rings. The summed E-state index contributed by atoms with van der Waals surface area (Å²) in [6.45, 7) is 0. The number of nitro groups is 1. The van der Waals surface area contributed by atoms with Crippen molar-refractivity contribution in [1.29, 1.82) is 0 Å². The molecule has 0 amide bonds. The highest BCUT2D eigenvalue weighted by molar-refractivity contribution is 7.98. The van der Waals surface area contributed by atoms with E-state index in [0.29, 0.717) is 5.90 Å². The number of nitro benzene ring substituents is 1. The number of hydrogen-bond donors (Lipinski definition) is 0. The van der Waals surface area contributed by atoms with Gasteiger partial charge in [-0.1, -0.05) is 18.2 Å². The fourth-order valence-corrected chi connectivity index (χ4v) is 2.14. The number of hydrogen-bond acceptors (Lipinski definition) is 5. The summed E-state index contributed by atoms with van der Waals surface area (Å²) in [5, 5.41) is 10.6. The molecule has 6 heteroatoms. The third kappa shape index (κ3) is 3.58. The topological polar surface area (TPSA) is 64.7 Å². The Morgan fingerprint density at radius 3 is 2.35 bits per heavy atom. The Morgan fingerprint density at radius 2 is 1.80 bits per heavy atom. The van der Waals surface area contributed by atoms with E-state index in [4.69, 9.17) is 4.74 Å². The number of ether oxygens (including phenoxy) is 1. The number of nitrogens with zero attached hydrogens (tertiary/aromatic N) is 2. The minimum atomic E-state index is -0.428. The maximum atomic E-state index is 10.6. The molecule has 20 heavy (non-hydrogen) atoms. The molecule has 0 fully saturated rings. The van der Waals surface area contributed by atoms with Crippen LogP contribution in [0.1, 0.15) is 5.56 Å². The Kier molecular flexibility index (Phi) is 4.73. The second kappa shape index (κ2) is 6.72. The SMILES string of the molecule is COC(=NSc1ccc([N+](=O)[O-])cc1)c1ccccc1. The Labute approximate surface area is 120 Å². The van der Waals surface area contributed by atoms with Crippen molar-refractivity contribution in [1.82, 2.24) is 0 Å². The summed E-state index contributed by atoms with van der Waals surface area (Å²) in [5.41, 5.74) is 0.942. The first kappa shape index (κ1) is 14.1. The van der Waals surface area contributed by atoms with Gasteiger partial charge in [0.15, 0.2) is 0 Å². The highest BCUT2D eigenvalue weighted by Crippen LogP contribution is 2.23. The van der Waals surface area contributed by atoms with E-state index in [1.165, 1.54) is 24.1 Å². The molecule has 0 atom stereocenters. The average Bonchev–Trinajstić information content (AvgIpc) is 2.49. The molecule has 0 saturated heterocycles.